The van der Waals surface area contributed by atoms with E-state index in [0.717, 1.165) is 35.6 Å². The van der Waals surface area contributed by atoms with Gasteiger partial charge in [-0.2, -0.15) is 0 Å². The molecule has 69 heavy (non-hydrogen) atoms. The van der Waals surface area contributed by atoms with E-state index >= 15 is 0 Å². The van der Waals surface area contributed by atoms with Crippen molar-refractivity contribution in [2.75, 3.05) is 4.90 Å². The Morgan fingerprint density at radius 2 is 1.03 bits per heavy atom. The molecule has 3 aliphatic carbocycles. The predicted molar refractivity (Wildman–Crippen MR) is 289 cm³/mol. The smallest absolute Gasteiger partial charge is 0.0690 e. The molecule has 0 aliphatic heterocycles. The Hall–Kier alpha value is -8.72. The van der Waals surface area contributed by atoms with Gasteiger partial charge in [0.1, 0.15) is 0 Å². The standard InChI is InChI=1S/C67H46N2/c1-4-19-45(20-5-1)46-35-37-50(38-36-46)68(63-34-18-26-47-21-10-11-27-53(47)63)51-39-41-56-57-42-40-52(44-62(57)67(61(56)43-51)59-31-15-12-28-54(59)55-29-13-16-32-60(55)67)69-64-33-17-14-30-58(64)65(48-22-6-2-7-23-48)66(69)49-24-8-3-9-25-49/h1-15,17-31,33-44H,16,32H2. The molecular weight excluding hydrogens is 833 g/mol. The molecule has 10 aromatic carbocycles. The Morgan fingerprint density at radius 1 is 0.420 bits per heavy atom. The summed E-state index contributed by atoms with van der Waals surface area (Å²) in [4.78, 5) is 2.49. The summed E-state index contributed by atoms with van der Waals surface area (Å²) >= 11 is 0. The molecule has 0 saturated carbocycles. The van der Waals surface area contributed by atoms with Crippen molar-refractivity contribution in [1.82, 2.24) is 4.57 Å². The number of hydrogen-bond acceptors (Lipinski definition) is 1. The van der Waals surface area contributed by atoms with Crippen LogP contribution >= 0.6 is 0 Å². The fourth-order valence-corrected chi connectivity index (χ4v) is 12.2. The minimum atomic E-state index is -0.507. The summed E-state index contributed by atoms with van der Waals surface area (Å²) in [5.74, 6) is 0. The average molecular weight is 879 g/mol. The maximum absolute atomic E-state index is 2.55. The Balaban J connectivity index is 1.03. The minimum Gasteiger partial charge on any atom is -0.310 e. The van der Waals surface area contributed by atoms with E-state index in [4.69, 9.17) is 0 Å². The van der Waals surface area contributed by atoms with Crippen molar-refractivity contribution in [2.24, 2.45) is 0 Å². The van der Waals surface area contributed by atoms with Crippen molar-refractivity contribution in [2.45, 2.75) is 18.3 Å². The van der Waals surface area contributed by atoms with E-state index in [2.05, 4.69) is 264 Å². The molecule has 324 valence electrons. The Bertz CT molecular complexity index is 3870. The van der Waals surface area contributed by atoms with Crippen molar-refractivity contribution in [3.8, 4) is 50.3 Å². The van der Waals surface area contributed by atoms with Crippen molar-refractivity contribution < 1.29 is 0 Å². The second kappa shape index (κ2) is 15.7. The first-order chi connectivity index (χ1) is 34.3. The highest BCUT2D eigenvalue weighted by atomic mass is 15.1. The Kier molecular flexibility index (Phi) is 8.97. The van der Waals surface area contributed by atoms with E-state index < -0.39 is 5.41 Å². The second-order valence-corrected chi connectivity index (χ2v) is 18.6. The Labute approximate surface area is 403 Å². The fraction of sp³-hybridized carbons (Fsp3) is 0.0448. The van der Waals surface area contributed by atoms with Crippen LogP contribution in [-0.2, 0) is 5.41 Å². The highest BCUT2D eigenvalue weighted by Crippen LogP contribution is 2.64. The van der Waals surface area contributed by atoms with Gasteiger partial charge in [-0.25, -0.2) is 0 Å². The van der Waals surface area contributed by atoms with Gasteiger partial charge in [0.25, 0.3) is 0 Å². The van der Waals surface area contributed by atoms with Gasteiger partial charge in [0.15, 0.2) is 0 Å². The molecule has 1 unspecified atom stereocenters. The molecule has 1 aromatic heterocycles. The van der Waals surface area contributed by atoms with Gasteiger partial charge in [-0.15, -0.1) is 0 Å². The lowest BCUT2D eigenvalue weighted by atomic mass is 9.68. The number of nitrogens with zero attached hydrogens (tertiary/aromatic N) is 2. The van der Waals surface area contributed by atoms with Gasteiger partial charge < -0.3 is 9.47 Å². The van der Waals surface area contributed by atoms with Gasteiger partial charge in [0, 0.05) is 33.4 Å². The van der Waals surface area contributed by atoms with Crippen molar-refractivity contribution >= 4 is 44.3 Å². The van der Waals surface area contributed by atoms with Crippen molar-refractivity contribution in [3.05, 3.63) is 283 Å². The van der Waals surface area contributed by atoms with Crippen LogP contribution < -0.4 is 4.90 Å². The van der Waals surface area contributed by atoms with Crippen LogP contribution in [0.1, 0.15) is 35.1 Å². The molecule has 14 rings (SSSR count). The quantitative estimate of drug-likeness (QED) is 0.155. The van der Waals surface area contributed by atoms with Gasteiger partial charge in [0.2, 0.25) is 0 Å². The molecule has 0 saturated heterocycles. The largest absolute Gasteiger partial charge is 0.310 e. The van der Waals surface area contributed by atoms with E-state index in [1.165, 1.54) is 99.7 Å². The first-order valence-corrected chi connectivity index (χ1v) is 24.2. The zero-order valence-electron chi connectivity index (χ0n) is 38.1. The van der Waals surface area contributed by atoms with Crippen LogP contribution in [0.2, 0.25) is 0 Å². The van der Waals surface area contributed by atoms with Crippen LogP contribution in [0.15, 0.2) is 260 Å². The zero-order valence-corrected chi connectivity index (χ0v) is 38.1. The SMILES string of the molecule is C1=CC2=C(CC1)C1(c3ccccc32)c2cc(N(c3ccc(-c4ccccc4)cc3)c3cccc4ccccc34)ccc2-c2ccc(-n3c(-c4ccccc4)c(-c4ccccc4)c4ccccc43)cc21. The number of allylic oxidation sites excluding steroid dienone is 4. The van der Waals surface area contributed by atoms with Gasteiger partial charge >= 0.3 is 0 Å². The van der Waals surface area contributed by atoms with E-state index in [1.807, 2.05) is 0 Å². The highest BCUT2D eigenvalue weighted by Gasteiger charge is 2.53. The molecule has 0 N–H and O–H groups in total. The lowest BCUT2D eigenvalue weighted by Gasteiger charge is -2.35. The molecule has 0 amide bonds. The first kappa shape index (κ1) is 39.4. The van der Waals surface area contributed by atoms with Gasteiger partial charge in [0.05, 0.1) is 22.3 Å². The number of rotatable bonds is 7. The third-order valence-electron chi connectivity index (χ3n) is 15.1. The number of anilines is 3. The van der Waals surface area contributed by atoms with Crippen LogP contribution in [0.5, 0.6) is 0 Å². The van der Waals surface area contributed by atoms with E-state index in [0.29, 0.717) is 0 Å². The van der Waals surface area contributed by atoms with Crippen LogP contribution in [0.3, 0.4) is 0 Å². The van der Waals surface area contributed by atoms with Crippen LogP contribution in [0, 0.1) is 0 Å². The lowest BCUT2D eigenvalue weighted by molar-refractivity contribution is 0.713. The molecule has 0 fully saturated rings. The monoisotopic (exact) mass is 878 g/mol. The minimum absolute atomic E-state index is 0.507. The van der Waals surface area contributed by atoms with Crippen LogP contribution in [0.25, 0.3) is 77.6 Å². The fourth-order valence-electron chi connectivity index (χ4n) is 12.2. The zero-order chi connectivity index (χ0) is 45.5. The topological polar surface area (TPSA) is 8.17 Å². The van der Waals surface area contributed by atoms with E-state index in [-0.39, 0.29) is 0 Å². The van der Waals surface area contributed by atoms with Crippen LogP contribution in [-0.4, -0.2) is 4.57 Å². The van der Waals surface area contributed by atoms with Crippen molar-refractivity contribution in [1.29, 1.82) is 0 Å². The molecule has 1 spiro atoms. The average Bonchev–Trinajstić information content (AvgIpc) is 4.04. The summed E-state index contributed by atoms with van der Waals surface area (Å²) in [7, 11) is 0. The molecule has 3 aliphatic rings. The summed E-state index contributed by atoms with van der Waals surface area (Å²) in [6, 6.07) is 90.1. The third kappa shape index (κ3) is 5.92. The lowest BCUT2D eigenvalue weighted by Crippen LogP contribution is -2.28. The summed E-state index contributed by atoms with van der Waals surface area (Å²) in [6.07, 6.45) is 6.79. The molecule has 1 heterocycles. The number of aromatic nitrogens is 1. The number of fused-ring (bicyclic) bond motifs is 11. The molecule has 1 atom stereocenters. The number of para-hydroxylation sites is 1. The summed E-state index contributed by atoms with van der Waals surface area (Å²) in [5, 5.41) is 3.67. The first-order valence-electron chi connectivity index (χ1n) is 24.2. The summed E-state index contributed by atoms with van der Waals surface area (Å²) in [6.45, 7) is 0. The normalized spacial score (nSPS) is 15.4. The summed E-state index contributed by atoms with van der Waals surface area (Å²) < 4.78 is 2.54. The molecule has 2 heteroatoms. The third-order valence-corrected chi connectivity index (χ3v) is 15.1. The maximum atomic E-state index is 2.55. The predicted octanol–water partition coefficient (Wildman–Crippen LogP) is 17.7. The second-order valence-electron chi connectivity index (χ2n) is 18.6. The molecular formula is C67H46N2. The van der Waals surface area contributed by atoms with Crippen LogP contribution in [0.4, 0.5) is 17.1 Å². The van der Waals surface area contributed by atoms with Gasteiger partial charge in [-0.05, 0) is 134 Å². The van der Waals surface area contributed by atoms with E-state index in [9.17, 15) is 0 Å². The van der Waals surface area contributed by atoms with Gasteiger partial charge in [-0.3, -0.25) is 0 Å². The maximum Gasteiger partial charge on any atom is 0.0690 e. The number of benzene rings is 10. The molecule has 11 aromatic rings. The highest BCUT2D eigenvalue weighted by molar-refractivity contribution is 6.07. The van der Waals surface area contributed by atoms with Gasteiger partial charge in [-0.1, -0.05) is 206 Å². The summed E-state index contributed by atoms with van der Waals surface area (Å²) in [5.41, 5.74) is 23.4. The van der Waals surface area contributed by atoms with Crippen molar-refractivity contribution in [3.63, 3.8) is 0 Å². The van der Waals surface area contributed by atoms with E-state index in [1.54, 1.807) is 0 Å². The molecule has 0 radical (unpaired) electrons. The molecule has 2 nitrogen and oxygen atoms in total. The molecule has 0 bridgehead atoms. The Morgan fingerprint density at radius 3 is 1.83 bits per heavy atom. The number of hydrogen-bond donors (Lipinski definition) is 0.